The fraction of sp³-hybridized carbons (Fsp3) is 0.833. The third kappa shape index (κ3) is 3.87. The van der Waals surface area contributed by atoms with Crippen LogP contribution in [0.25, 0.3) is 0 Å². The molecule has 6 heteroatoms. The van der Waals surface area contributed by atoms with Gasteiger partial charge in [-0.15, -0.1) is 0 Å². The van der Waals surface area contributed by atoms with Gasteiger partial charge in [0.2, 0.25) is 0 Å². The van der Waals surface area contributed by atoms with Gasteiger partial charge >= 0.3 is 12.0 Å². The number of carboxylic acid groups (broad SMARTS) is 1. The highest BCUT2D eigenvalue weighted by atomic mass is 16.4. The van der Waals surface area contributed by atoms with Crippen LogP contribution in [0.2, 0.25) is 0 Å². The van der Waals surface area contributed by atoms with E-state index in [1.165, 1.54) is 4.90 Å². The number of aliphatic hydroxyl groups is 1. The lowest BCUT2D eigenvalue weighted by Gasteiger charge is -2.24. The average Bonchev–Trinajstić information content (AvgIpc) is 2.58. The number of hydrogen-bond acceptors (Lipinski definition) is 3. The van der Waals surface area contributed by atoms with Gasteiger partial charge in [0.05, 0.1) is 6.10 Å². The van der Waals surface area contributed by atoms with Crippen molar-refractivity contribution in [3.63, 3.8) is 0 Å². The average molecular weight is 258 g/mol. The number of carbonyl (C=O) groups excluding carboxylic acids is 1. The van der Waals surface area contributed by atoms with Crippen molar-refractivity contribution in [2.45, 2.75) is 51.8 Å². The fourth-order valence-corrected chi connectivity index (χ4v) is 2.33. The van der Waals surface area contributed by atoms with Crippen LogP contribution in [-0.4, -0.2) is 51.8 Å². The van der Waals surface area contributed by atoms with Crippen LogP contribution in [0, 0.1) is 5.92 Å². The molecular weight excluding hydrogens is 236 g/mol. The van der Waals surface area contributed by atoms with Gasteiger partial charge in [-0.1, -0.05) is 13.8 Å². The lowest BCUT2D eigenvalue weighted by Crippen LogP contribution is -2.48. The van der Waals surface area contributed by atoms with Crippen LogP contribution < -0.4 is 5.32 Å². The molecule has 0 aliphatic carbocycles. The predicted molar refractivity (Wildman–Crippen MR) is 66.2 cm³/mol. The van der Waals surface area contributed by atoms with Crippen LogP contribution in [0.1, 0.15) is 33.6 Å². The monoisotopic (exact) mass is 258 g/mol. The number of nitrogens with zero attached hydrogens (tertiary/aromatic N) is 1. The van der Waals surface area contributed by atoms with Gasteiger partial charge in [-0.25, -0.2) is 9.59 Å². The summed E-state index contributed by atoms with van der Waals surface area (Å²) < 4.78 is 0. The van der Waals surface area contributed by atoms with E-state index in [0.29, 0.717) is 5.92 Å². The number of amides is 2. The third-order valence-corrected chi connectivity index (χ3v) is 3.02. The standard InChI is InChI=1S/C12H22N2O4/c1-7(2)4-8(3)13-12(18)14-6-9(15)5-10(14)11(16)17/h7-10,15H,4-6H2,1-3H3,(H,13,18)(H,16,17). The number of carbonyl (C=O) groups is 2. The largest absolute Gasteiger partial charge is 0.480 e. The Labute approximate surface area is 107 Å². The molecule has 0 saturated carbocycles. The summed E-state index contributed by atoms with van der Waals surface area (Å²) in [5, 5.41) is 21.2. The second kappa shape index (κ2) is 6.04. The molecule has 6 nitrogen and oxygen atoms in total. The summed E-state index contributed by atoms with van der Waals surface area (Å²) >= 11 is 0. The molecule has 1 saturated heterocycles. The SMILES string of the molecule is CC(C)CC(C)NC(=O)N1CC(O)CC1C(=O)O. The van der Waals surface area contributed by atoms with Gasteiger partial charge in [0.1, 0.15) is 6.04 Å². The Hall–Kier alpha value is -1.30. The lowest BCUT2D eigenvalue weighted by atomic mass is 10.1. The maximum Gasteiger partial charge on any atom is 0.326 e. The third-order valence-electron chi connectivity index (χ3n) is 3.02. The Morgan fingerprint density at radius 3 is 2.50 bits per heavy atom. The van der Waals surface area contributed by atoms with E-state index in [2.05, 4.69) is 19.2 Å². The molecule has 3 unspecified atom stereocenters. The van der Waals surface area contributed by atoms with Gasteiger partial charge in [-0.3, -0.25) is 0 Å². The number of urea groups is 1. The highest BCUT2D eigenvalue weighted by Crippen LogP contribution is 2.18. The summed E-state index contributed by atoms with van der Waals surface area (Å²) in [6, 6.07) is -1.34. The smallest absolute Gasteiger partial charge is 0.326 e. The maximum atomic E-state index is 11.9. The maximum absolute atomic E-state index is 11.9. The van der Waals surface area contributed by atoms with E-state index in [0.717, 1.165) is 6.42 Å². The highest BCUT2D eigenvalue weighted by molar-refractivity contribution is 5.83. The van der Waals surface area contributed by atoms with Gasteiger partial charge in [-0.2, -0.15) is 0 Å². The second-order valence-electron chi connectivity index (χ2n) is 5.38. The second-order valence-corrected chi connectivity index (χ2v) is 5.38. The fourth-order valence-electron chi connectivity index (χ4n) is 2.33. The summed E-state index contributed by atoms with van der Waals surface area (Å²) in [4.78, 5) is 24.1. The molecular formula is C12H22N2O4. The summed E-state index contributed by atoms with van der Waals surface area (Å²) in [5.74, 6) is -0.613. The topological polar surface area (TPSA) is 89.9 Å². The summed E-state index contributed by atoms with van der Waals surface area (Å²) in [5.41, 5.74) is 0. The molecule has 18 heavy (non-hydrogen) atoms. The van der Waals surface area contributed by atoms with Gasteiger partial charge in [0, 0.05) is 19.0 Å². The summed E-state index contributed by atoms with van der Waals surface area (Å²) in [6.07, 6.45) is 0.179. The molecule has 0 aromatic rings. The van der Waals surface area contributed by atoms with E-state index in [1.807, 2.05) is 6.92 Å². The molecule has 1 rings (SSSR count). The number of likely N-dealkylation sites (tertiary alicyclic amines) is 1. The zero-order valence-corrected chi connectivity index (χ0v) is 11.1. The van der Waals surface area contributed by atoms with E-state index >= 15 is 0 Å². The first-order valence-corrected chi connectivity index (χ1v) is 6.29. The Bertz CT molecular complexity index is 319. The van der Waals surface area contributed by atoms with Crippen molar-refractivity contribution in [3.8, 4) is 0 Å². The van der Waals surface area contributed by atoms with E-state index in [-0.39, 0.29) is 19.0 Å². The van der Waals surface area contributed by atoms with Crippen molar-refractivity contribution in [1.82, 2.24) is 10.2 Å². The van der Waals surface area contributed by atoms with Crippen LogP contribution in [0.4, 0.5) is 4.79 Å². The van der Waals surface area contributed by atoms with E-state index in [1.54, 1.807) is 0 Å². The number of aliphatic hydroxyl groups excluding tert-OH is 1. The minimum Gasteiger partial charge on any atom is -0.480 e. The first kappa shape index (κ1) is 14.8. The first-order valence-electron chi connectivity index (χ1n) is 6.29. The number of rotatable bonds is 4. The Kier molecular flexibility index (Phi) is 4.95. The Morgan fingerprint density at radius 1 is 1.39 bits per heavy atom. The van der Waals surface area contributed by atoms with Crippen molar-refractivity contribution in [2.75, 3.05) is 6.54 Å². The van der Waals surface area contributed by atoms with Crippen molar-refractivity contribution in [3.05, 3.63) is 0 Å². The van der Waals surface area contributed by atoms with Gasteiger partial charge in [0.15, 0.2) is 0 Å². The zero-order chi connectivity index (χ0) is 13.9. The molecule has 3 atom stereocenters. The predicted octanol–water partition coefficient (Wildman–Crippen LogP) is 0.650. The van der Waals surface area contributed by atoms with Crippen LogP contribution in [0.15, 0.2) is 0 Å². The number of hydrogen-bond donors (Lipinski definition) is 3. The molecule has 1 fully saturated rings. The summed E-state index contributed by atoms with van der Waals surface area (Å²) in [6.45, 7) is 6.09. The van der Waals surface area contributed by atoms with E-state index in [9.17, 15) is 14.7 Å². The summed E-state index contributed by atoms with van der Waals surface area (Å²) in [7, 11) is 0. The molecule has 2 amide bonds. The number of aliphatic carboxylic acids is 1. The number of nitrogens with one attached hydrogen (secondary N) is 1. The minimum absolute atomic E-state index is 0.00955. The molecule has 3 N–H and O–H groups in total. The number of carboxylic acids is 1. The first-order chi connectivity index (χ1) is 8.31. The van der Waals surface area contributed by atoms with E-state index in [4.69, 9.17) is 5.11 Å². The molecule has 1 aliphatic rings. The molecule has 0 aromatic heterocycles. The van der Waals surface area contributed by atoms with Crippen molar-refractivity contribution >= 4 is 12.0 Å². The zero-order valence-electron chi connectivity index (χ0n) is 11.1. The van der Waals surface area contributed by atoms with Crippen molar-refractivity contribution in [2.24, 2.45) is 5.92 Å². The normalized spacial score (nSPS) is 25.3. The quantitative estimate of drug-likeness (QED) is 0.690. The minimum atomic E-state index is -1.07. The highest BCUT2D eigenvalue weighted by Gasteiger charge is 2.39. The molecule has 1 heterocycles. The molecule has 1 aliphatic heterocycles. The molecule has 0 aromatic carbocycles. The van der Waals surface area contributed by atoms with Crippen LogP contribution in [0.5, 0.6) is 0 Å². The van der Waals surface area contributed by atoms with Gasteiger partial charge in [0.25, 0.3) is 0 Å². The Balaban J connectivity index is 2.57. The number of β-amino-alcohol motifs (C(OH)–C–C–N with tert-alkyl or cyclic N) is 1. The molecule has 0 spiro atoms. The van der Waals surface area contributed by atoms with Crippen LogP contribution in [-0.2, 0) is 4.79 Å². The van der Waals surface area contributed by atoms with Gasteiger partial charge in [-0.05, 0) is 19.3 Å². The molecule has 0 bridgehead atoms. The molecule has 0 radical (unpaired) electrons. The van der Waals surface area contributed by atoms with E-state index < -0.39 is 24.1 Å². The van der Waals surface area contributed by atoms with Crippen LogP contribution >= 0.6 is 0 Å². The lowest BCUT2D eigenvalue weighted by molar-refractivity contribution is -0.141. The molecule has 104 valence electrons. The Morgan fingerprint density at radius 2 is 2.00 bits per heavy atom. The van der Waals surface area contributed by atoms with Crippen molar-refractivity contribution < 1.29 is 19.8 Å². The van der Waals surface area contributed by atoms with Crippen LogP contribution in [0.3, 0.4) is 0 Å². The van der Waals surface area contributed by atoms with Crippen molar-refractivity contribution in [1.29, 1.82) is 0 Å². The van der Waals surface area contributed by atoms with Gasteiger partial charge < -0.3 is 20.4 Å².